The van der Waals surface area contributed by atoms with Crippen LogP contribution in [0.1, 0.15) is 6.42 Å². The van der Waals surface area contributed by atoms with E-state index in [1.54, 1.807) is 55.6 Å². The number of aromatic nitrogens is 2. The van der Waals surface area contributed by atoms with Crippen LogP contribution in [0.3, 0.4) is 0 Å². The van der Waals surface area contributed by atoms with Crippen molar-refractivity contribution in [1.82, 2.24) is 9.55 Å². The Bertz CT molecular complexity index is 1670. The number of sulfonamides is 1. The number of hydrogen-bond acceptors (Lipinski definition) is 5. The highest BCUT2D eigenvalue weighted by Crippen LogP contribution is 2.35. The number of anilines is 2. The van der Waals surface area contributed by atoms with Crippen LogP contribution in [0.2, 0.25) is 0 Å². The molecule has 0 radical (unpaired) electrons. The lowest BCUT2D eigenvalue weighted by Gasteiger charge is -2.25. The fourth-order valence-corrected chi connectivity index (χ4v) is 5.65. The van der Waals surface area contributed by atoms with Crippen LogP contribution in [-0.2, 0) is 14.8 Å². The van der Waals surface area contributed by atoms with Gasteiger partial charge in [-0.1, -0.05) is 30.3 Å². The molecule has 5 rings (SSSR count). The minimum absolute atomic E-state index is 0.00784. The number of fused-ring (bicyclic) bond motifs is 2. The third kappa shape index (κ3) is 3.39. The first kappa shape index (κ1) is 21.7. The van der Waals surface area contributed by atoms with Crippen LogP contribution in [0.4, 0.5) is 11.4 Å². The van der Waals surface area contributed by atoms with E-state index in [1.807, 2.05) is 0 Å². The van der Waals surface area contributed by atoms with Crippen molar-refractivity contribution in [2.24, 2.45) is 0 Å². The van der Waals surface area contributed by atoms with Crippen molar-refractivity contribution in [1.29, 1.82) is 0 Å². The second-order valence-corrected chi connectivity index (χ2v) is 9.74. The Morgan fingerprint density at radius 1 is 0.853 bits per heavy atom. The number of benzene rings is 3. The van der Waals surface area contributed by atoms with Crippen molar-refractivity contribution in [2.45, 2.75) is 11.3 Å². The van der Waals surface area contributed by atoms with Gasteiger partial charge in [0, 0.05) is 20.0 Å². The molecule has 4 aromatic rings. The molecule has 0 atom stereocenters. The number of para-hydroxylation sites is 3. The van der Waals surface area contributed by atoms with E-state index in [9.17, 15) is 22.8 Å². The van der Waals surface area contributed by atoms with Crippen molar-refractivity contribution >= 4 is 38.2 Å². The summed E-state index contributed by atoms with van der Waals surface area (Å²) in [6, 6.07) is 19.0. The molecule has 2 heterocycles. The quantitative estimate of drug-likeness (QED) is 0.487. The lowest BCUT2D eigenvalue weighted by molar-refractivity contribution is -0.118. The molecule has 0 unspecified atom stereocenters. The van der Waals surface area contributed by atoms with Crippen molar-refractivity contribution in [3.05, 3.63) is 93.6 Å². The molecule has 34 heavy (non-hydrogen) atoms. The maximum atomic E-state index is 13.7. The molecule has 1 amide bonds. The van der Waals surface area contributed by atoms with Crippen molar-refractivity contribution in [3.63, 3.8) is 0 Å². The van der Waals surface area contributed by atoms with Crippen molar-refractivity contribution in [3.8, 4) is 5.69 Å². The SMILES string of the molecule is CN1C(=O)CCN(S(=O)(=O)c2cccc(-n3c(=O)[nH]c4ccccc4c3=O)c2)c2ccccc21. The molecule has 9 nitrogen and oxygen atoms in total. The molecule has 0 aliphatic carbocycles. The molecule has 1 N–H and O–H groups in total. The summed E-state index contributed by atoms with van der Waals surface area (Å²) in [6.07, 6.45) is 0.00784. The number of H-pyrrole nitrogens is 1. The zero-order valence-electron chi connectivity index (χ0n) is 18.1. The molecule has 1 aromatic heterocycles. The van der Waals surface area contributed by atoms with E-state index >= 15 is 0 Å². The Kier molecular flexibility index (Phi) is 5.09. The monoisotopic (exact) mass is 476 g/mol. The molecule has 3 aromatic carbocycles. The summed E-state index contributed by atoms with van der Waals surface area (Å²) >= 11 is 0. The van der Waals surface area contributed by atoms with Crippen molar-refractivity contribution in [2.75, 3.05) is 22.8 Å². The van der Waals surface area contributed by atoms with Gasteiger partial charge in [0.05, 0.1) is 32.9 Å². The average molecular weight is 477 g/mol. The number of hydrogen-bond donors (Lipinski definition) is 1. The van der Waals surface area contributed by atoms with Gasteiger partial charge in [0.25, 0.3) is 15.6 Å². The topological polar surface area (TPSA) is 113 Å². The largest absolute Gasteiger partial charge is 0.333 e. The normalized spacial score (nSPS) is 14.2. The van der Waals surface area contributed by atoms with E-state index in [2.05, 4.69) is 4.98 Å². The third-order valence-corrected chi connectivity index (χ3v) is 7.69. The highest BCUT2D eigenvalue weighted by molar-refractivity contribution is 7.92. The predicted molar refractivity (Wildman–Crippen MR) is 129 cm³/mol. The van der Waals surface area contributed by atoms with Gasteiger partial charge in [0.1, 0.15) is 0 Å². The number of carbonyl (C=O) groups excluding carboxylic acids is 1. The number of nitrogens with one attached hydrogen (secondary N) is 1. The summed E-state index contributed by atoms with van der Waals surface area (Å²) in [5.74, 6) is -0.201. The Balaban J connectivity index is 1.66. The van der Waals surface area contributed by atoms with E-state index < -0.39 is 21.3 Å². The first-order valence-electron chi connectivity index (χ1n) is 10.5. The van der Waals surface area contributed by atoms with E-state index in [1.165, 1.54) is 33.5 Å². The van der Waals surface area contributed by atoms with Gasteiger partial charge < -0.3 is 9.88 Å². The molecular formula is C24H20N4O5S. The number of carbonyl (C=O) groups is 1. The van der Waals surface area contributed by atoms with Gasteiger partial charge in [0.2, 0.25) is 5.91 Å². The molecule has 10 heteroatoms. The van der Waals surface area contributed by atoms with Gasteiger partial charge in [-0.05, 0) is 42.5 Å². The molecule has 0 saturated carbocycles. The summed E-state index contributed by atoms with van der Waals surface area (Å²) in [6.45, 7) is -0.0384. The van der Waals surface area contributed by atoms with Gasteiger partial charge in [0.15, 0.2) is 0 Å². The first-order valence-corrected chi connectivity index (χ1v) is 12.0. The molecule has 1 aliphatic heterocycles. The van der Waals surface area contributed by atoms with Crippen LogP contribution in [0.15, 0.2) is 87.3 Å². The zero-order chi connectivity index (χ0) is 24.0. The van der Waals surface area contributed by atoms with Crippen molar-refractivity contribution < 1.29 is 13.2 Å². The number of aromatic amines is 1. The standard InChI is InChI=1S/C24H20N4O5S/c1-26-20-11-4-5-12-21(20)27(14-13-22(26)29)34(32,33)17-8-6-7-16(15-17)28-23(30)18-9-2-3-10-19(18)25-24(28)31/h2-12,15H,13-14H2,1H3,(H,25,31). The minimum Gasteiger partial charge on any atom is -0.313 e. The summed E-state index contributed by atoms with van der Waals surface area (Å²) in [4.78, 5) is 42.2. The Hall–Kier alpha value is -4.18. The van der Waals surface area contributed by atoms with Gasteiger partial charge in [-0.3, -0.25) is 13.9 Å². The molecule has 0 saturated heterocycles. The summed E-state index contributed by atoms with van der Waals surface area (Å²) in [7, 11) is -2.51. The molecule has 1 aliphatic rings. The van der Waals surface area contributed by atoms with Gasteiger partial charge in [-0.2, -0.15) is 0 Å². The number of rotatable bonds is 3. The summed E-state index contributed by atoms with van der Waals surface area (Å²) < 4.78 is 29.5. The van der Waals surface area contributed by atoms with E-state index in [0.29, 0.717) is 22.3 Å². The zero-order valence-corrected chi connectivity index (χ0v) is 19.0. The average Bonchev–Trinajstić information content (AvgIpc) is 2.96. The summed E-state index contributed by atoms with van der Waals surface area (Å²) in [5, 5.41) is 0.304. The van der Waals surface area contributed by atoms with E-state index in [0.717, 1.165) is 4.57 Å². The van der Waals surface area contributed by atoms with Crippen LogP contribution in [0.5, 0.6) is 0 Å². The van der Waals surface area contributed by atoms with Crippen LogP contribution < -0.4 is 20.5 Å². The predicted octanol–water partition coefficient (Wildman–Crippen LogP) is 2.24. The van der Waals surface area contributed by atoms with Gasteiger partial charge in [-0.15, -0.1) is 0 Å². The van der Waals surface area contributed by atoms with Gasteiger partial charge >= 0.3 is 5.69 Å². The number of amides is 1. The molecule has 172 valence electrons. The second-order valence-electron chi connectivity index (χ2n) is 7.88. The molecule has 0 bridgehead atoms. The third-order valence-electron chi connectivity index (χ3n) is 5.88. The maximum absolute atomic E-state index is 13.7. The minimum atomic E-state index is -4.12. The number of nitrogens with zero attached hydrogens (tertiary/aromatic N) is 3. The van der Waals surface area contributed by atoms with Crippen LogP contribution >= 0.6 is 0 Å². The van der Waals surface area contributed by atoms with Crippen LogP contribution in [0.25, 0.3) is 16.6 Å². The first-order chi connectivity index (χ1) is 16.3. The highest BCUT2D eigenvalue weighted by atomic mass is 32.2. The van der Waals surface area contributed by atoms with E-state index in [-0.39, 0.29) is 29.5 Å². The highest BCUT2D eigenvalue weighted by Gasteiger charge is 2.32. The van der Waals surface area contributed by atoms with E-state index in [4.69, 9.17) is 0 Å². The fraction of sp³-hybridized carbons (Fsp3) is 0.125. The fourth-order valence-electron chi connectivity index (χ4n) is 4.14. The Labute approximate surface area is 194 Å². The maximum Gasteiger partial charge on any atom is 0.333 e. The summed E-state index contributed by atoms with van der Waals surface area (Å²) in [5.41, 5.74) is 0.141. The smallest absolute Gasteiger partial charge is 0.313 e. The lowest BCUT2D eigenvalue weighted by atomic mass is 10.2. The Morgan fingerprint density at radius 3 is 2.35 bits per heavy atom. The molecular weight excluding hydrogens is 456 g/mol. The van der Waals surface area contributed by atoms with Gasteiger partial charge in [-0.25, -0.2) is 17.8 Å². The molecule has 0 fully saturated rings. The Morgan fingerprint density at radius 2 is 1.56 bits per heavy atom. The molecule has 0 spiro atoms. The lowest BCUT2D eigenvalue weighted by Crippen LogP contribution is -2.34. The van der Waals surface area contributed by atoms with Crippen LogP contribution in [0, 0.1) is 0 Å². The van der Waals surface area contributed by atoms with Crippen LogP contribution in [-0.4, -0.2) is 37.5 Å². The second kappa shape index (κ2) is 7.99.